The summed E-state index contributed by atoms with van der Waals surface area (Å²) in [7, 11) is 0. The first-order chi connectivity index (χ1) is 5.18. The first-order valence-electron chi connectivity index (χ1n) is 3.11. The second-order valence-electron chi connectivity index (χ2n) is 2.08. The highest BCUT2D eigenvalue weighted by Gasteiger charge is 2.03. The van der Waals surface area contributed by atoms with Gasteiger partial charge in [-0.15, -0.1) is 10.2 Å². The monoisotopic (exact) mass is 172 g/mol. The number of carbonyl (C=O) groups excluding carboxylic acids is 1. The Morgan fingerprint density at radius 1 is 1.64 bits per heavy atom. The lowest BCUT2D eigenvalue weighted by Gasteiger charge is -1.87. The van der Waals surface area contributed by atoms with Gasteiger partial charge in [-0.2, -0.15) is 0 Å². The standard InChI is InChI=1S/C6H8N2O2S/c1-4(9)3-11-6-8-7-5(2)10-6/h3H2,1-2H3. The van der Waals surface area contributed by atoms with Crippen molar-refractivity contribution in [2.45, 2.75) is 19.1 Å². The van der Waals surface area contributed by atoms with Gasteiger partial charge in [0, 0.05) is 6.92 Å². The number of carbonyl (C=O) groups is 1. The van der Waals surface area contributed by atoms with E-state index in [1.54, 1.807) is 6.92 Å². The molecule has 1 aromatic heterocycles. The van der Waals surface area contributed by atoms with E-state index in [0.717, 1.165) is 0 Å². The summed E-state index contributed by atoms with van der Waals surface area (Å²) in [4.78, 5) is 10.5. The van der Waals surface area contributed by atoms with Crippen LogP contribution in [0.5, 0.6) is 0 Å². The molecule has 0 aliphatic rings. The van der Waals surface area contributed by atoms with E-state index in [9.17, 15) is 4.79 Å². The zero-order chi connectivity index (χ0) is 8.27. The molecule has 0 fully saturated rings. The van der Waals surface area contributed by atoms with Gasteiger partial charge in [0.1, 0.15) is 5.78 Å². The Hall–Kier alpha value is -0.840. The van der Waals surface area contributed by atoms with Crippen LogP contribution in [0.4, 0.5) is 0 Å². The van der Waals surface area contributed by atoms with Crippen LogP contribution in [0.3, 0.4) is 0 Å². The minimum Gasteiger partial charge on any atom is -0.416 e. The largest absolute Gasteiger partial charge is 0.416 e. The van der Waals surface area contributed by atoms with Gasteiger partial charge in [0.2, 0.25) is 5.89 Å². The highest BCUT2D eigenvalue weighted by molar-refractivity contribution is 7.99. The van der Waals surface area contributed by atoms with Crippen LogP contribution in [0.15, 0.2) is 9.64 Å². The molecule has 60 valence electrons. The third-order valence-corrected chi connectivity index (χ3v) is 1.87. The predicted octanol–water partition coefficient (Wildman–Crippen LogP) is 1.06. The summed E-state index contributed by atoms with van der Waals surface area (Å²) in [6.45, 7) is 3.24. The zero-order valence-electron chi connectivity index (χ0n) is 6.33. The van der Waals surface area contributed by atoms with E-state index < -0.39 is 0 Å². The minimum absolute atomic E-state index is 0.103. The van der Waals surface area contributed by atoms with Crippen LogP contribution < -0.4 is 0 Å². The van der Waals surface area contributed by atoms with E-state index in [2.05, 4.69) is 10.2 Å². The van der Waals surface area contributed by atoms with Crippen molar-refractivity contribution >= 4 is 17.5 Å². The van der Waals surface area contributed by atoms with Crippen molar-refractivity contribution in [2.24, 2.45) is 0 Å². The Kier molecular flexibility index (Phi) is 2.64. The number of ketones is 1. The van der Waals surface area contributed by atoms with Gasteiger partial charge in [0.15, 0.2) is 0 Å². The summed E-state index contributed by atoms with van der Waals surface area (Å²) in [5.74, 6) is 1.02. The number of aryl methyl sites for hydroxylation is 1. The van der Waals surface area contributed by atoms with Gasteiger partial charge in [-0.25, -0.2) is 0 Å². The summed E-state index contributed by atoms with van der Waals surface area (Å²) in [6.07, 6.45) is 0. The molecule has 0 bridgehead atoms. The van der Waals surface area contributed by atoms with Crippen molar-refractivity contribution in [3.05, 3.63) is 5.89 Å². The maximum Gasteiger partial charge on any atom is 0.276 e. The first-order valence-corrected chi connectivity index (χ1v) is 4.09. The number of Topliss-reactive ketones (excluding diaryl/α,β-unsaturated/α-hetero) is 1. The summed E-state index contributed by atoms with van der Waals surface area (Å²) in [5.41, 5.74) is 0. The lowest BCUT2D eigenvalue weighted by Crippen LogP contribution is -1.92. The molecule has 0 atom stereocenters. The summed E-state index contributed by atoms with van der Waals surface area (Å²) in [5, 5.41) is 7.78. The van der Waals surface area contributed by atoms with Crippen molar-refractivity contribution in [1.29, 1.82) is 0 Å². The minimum atomic E-state index is 0.103. The predicted molar refractivity (Wildman–Crippen MR) is 40.4 cm³/mol. The Balaban J connectivity index is 2.45. The fourth-order valence-electron chi connectivity index (χ4n) is 0.500. The second kappa shape index (κ2) is 3.52. The van der Waals surface area contributed by atoms with Crippen molar-refractivity contribution in [2.75, 3.05) is 5.75 Å². The molecule has 4 nitrogen and oxygen atoms in total. The topological polar surface area (TPSA) is 56.0 Å². The number of hydrogen-bond donors (Lipinski definition) is 0. The lowest BCUT2D eigenvalue weighted by molar-refractivity contribution is -0.114. The molecule has 0 aromatic carbocycles. The highest BCUT2D eigenvalue weighted by atomic mass is 32.2. The van der Waals surface area contributed by atoms with E-state index >= 15 is 0 Å². The molecule has 0 saturated heterocycles. The molecule has 0 aliphatic heterocycles. The molecule has 0 saturated carbocycles. The zero-order valence-corrected chi connectivity index (χ0v) is 7.14. The van der Waals surface area contributed by atoms with E-state index in [0.29, 0.717) is 16.9 Å². The van der Waals surface area contributed by atoms with Crippen LogP contribution in [-0.2, 0) is 4.79 Å². The molecule has 0 unspecified atom stereocenters. The maximum absolute atomic E-state index is 10.5. The third-order valence-electron chi connectivity index (χ3n) is 0.906. The Morgan fingerprint density at radius 2 is 2.36 bits per heavy atom. The van der Waals surface area contributed by atoms with Crippen LogP contribution >= 0.6 is 11.8 Å². The van der Waals surface area contributed by atoms with E-state index in [-0.39, 0.29) is 5.78 Å². The molecule has 0 radical (unpaired) electrons. The molecular formula is C6H8N2O2S. The van der Waals surface area contributed by atoms with Crippen molar-refractivity contribution in [3.63, 3.8) is 0 Å². The molecule has 11 heavy (non-hydrogen) atoms. The molecular weight excluding hydrogens is 164 g/mol. The number of aromatic nitrogens is 2. The van der Waals surface area contributed by atoms with E-state index in [1.165, 1.54) is 18.7 Å². The average molecular weight is 172 g/mol. The van der Waals surface area contributed by atoms with E-state index in [4.69, 9.17) is 4.42 Å². The maximum atomic E-state index is 10.5. The van der Waals surface area contributed by atoms with Crippen LogP contribution in [0, 0.1) is 6.92 Å². The average Bonchev–Trinajstić information content (AvgIpc) is 2.31. The molecule has 0 amide bonds. The van der Waals surface area contributed by atoms with Crippen LogP contribution in [0.1, 0.15) is 12.8 Å². The Labute approximate surface area is 68.4 Å². The lowest BCUT2D eigenvalue weighted by atomic mass is 10.5. The Bertz CT molecular complexity index is 259. The number of rotatable bonds is 3. The van der Waals surface area contributed by atoms with Crippen molar-refractivity contribution in [1.82, 2.24) is 10.2 Å². The molecule has 1 heterocycles. The fraction of sp³-hybridized carbons (Fsp3) is 0.500. The Morgan fingerprint density at radius 3 is 2.82 bits per heavy atom. The van der Waals surface area contributed by atoms with Gasteiger partial charge in [0.25, 0.3) is 5.22 Å². The van der Waals surface area contributed by atoms with Gasteiger partial charge < -0.3 is 4.42 Å². The fourth-order valence-corrected chi connectivity index (χ4v) is 1.10. The molecule has 0 spiro atoms. The molecule has 1 aromatic rings. The van der Waals surface area contributed by atoms with Crippen LogP contribution in [0.25, 0.3) is 0 Å². The molecule has 1 rings (SSSR count). The van der Waals surface area contributed by atoms with Gasteiger partial charge in [-0.05, 0) is 6.92 Å². The smallest absolute Gasteiger partial charge is 0.276 e. The molecule has 0 aliphatic carbocycles. The van der Waals surface area contributed by atoms with Gasteiger partial charge in [-0.3, -0.25) is 4.79 Å². The third kappa shape index (κ3) is 2.71. The highest BCUT2D eigenvalue weighted by Crippen LogP contribution is 2.14. The second-order valence-corrected chi connectivity index (χ2v) is 3.00. The van der Waals surface area contributed by atoms with Gasteiger partial charge in [0.05, 0.1) is 5.75 Å². The SMILES string of the molecule is CC(=O)CSc1nnc(C)o1. The van der Waals surface area contributed by atoms with Gasteiger partial charge >= 0.3 is 0 Å². The number of thioether (sulfide) groups is 1. The summed E-state index contributed by atoms with van der Waals surface area (Å²) < 4.78 is 5.02. The number of nitrogens with zero attached hydrogens (tertiary/aromatic N) is 2. The van der Waals surface area contributed by atoms with Crippen molar-refractivity contribution < 1.29 is 9.21 Å². The number of hydrogen-bond acceptors (Lipinski definition) is 5. The first kappa shape index (κ1) is 8.26. The van der Waals surface area contributed by atoms with Crippen LogP contribution in [0.2, 0.25) is 0 Å². The van der Waals surface area contributed by atoms with E-state index in [1.807, 2.05) is 0 Å². The summed E-state index contributed by atoms with van der Waals surface area (Å²) >= 11 is 1.26. The quantitative estimate of drug-likeness (QED) is 0.638. The molecule has 5 heteroatoms. The normalized spacial score (nSPS) is 10.0. The van der Waals surface area contributed by atoms with Gasteiger partial charge in [-0.1, -0.05) is 11.8 Å². The van der Waals surface area contributed by atoms with Crippen molar-refractivity contribution in [3.8, 4) is 0 Å². The summed E-state index contributed by atoms with van der Waals surface area (Å²) in [6, 6.07) is 0. The molecule has 0 N–H and O–H groups in total. The van der Waals surface area contributed by atoms with Crippen LogP contribution in [-0.4, -0.2) is 21.7 Å².